The minimum Gasteiger partial charge on any atom is -0.393 e. The molecule has 0 aromatic rings. The molecular weight excluding hydrogens is 256 g/mol. The largest absolute Gasteiger partial charge is 0.393 e. The molecule has 0 spiro atoms. The number of rotatable bonds is 13. The average Bonchev–Trinajstić information content (AvgIpc) is 2.40. The Hall–Kier alpha value is -0.740. The van der Waals surface area contributed by atoms with E-state index in [9.17, 15) is 19.8 Å². The van der Waals surface area contributed by atoms with Crippen LogP contribution in [0, 0.1) is 5.92 Å². The third kappa shape index (κ3) is 8.43. The molecule has 117 valence electrons. The van der Waals surface area contributed by atoms with Crippen molar-refractivity contribution in [3.63, 3.8) is 0 Å². The summed E-state index contributed by atoms with van der Waals surface area (Å²) in [7, 11) is 0. The van der Waals surface area contributed by atoms with E-state index in [0.717, 1.165) is 38.5 Å². The number of hydrogen-bond acceptors (Lipinski definition) is 4. The molecule has 1 radical (unpaired) electrons. The molecule has 0 rings (SSSR count). The Kier molecular flexibility index (Phi) is 11.6. The minimum atomic E-state index is -1.11. The average molecular weight is 285 g/mol. The Morgan fingerprint density at radius 3 is 2.20 bits per heavy atom. The van der Waals surface area contributed by atoms with Gasteiger partial charge in [-0.2, -0.15) is 0 Å². The summed E-state index contributed by atoms with van der Waals surface area (Å²) < 4.78 is 0. The third-order valence-electron chi connectivity index (χ3n) is 3.54. The highest BCUT2D eigenvalue weighted by atomic mass is 16.3. The van der Waals surface area contributed by atoms with Crippen molar-refractivity contribution in [2.75, 3.05) is 0 Å². The van der Waals surface area contributed by atoms with Crippen LogP contribution < -0.4 is 0 Å². The maximum atomic E-state index is 11.8. The lowest BCUT2D eigenvalue weighted by molar-refractivity contribution is -0.124. The number of carbonyl (C=O) groups is 1. The Balaban J connectivity index is 4.14. The summed E-state index contributed by atoms with van der Waals surface area (Å²) in [6.07, 6.45) is 6.51. The van der Waals surface area contributed by atoms with Gasteiger partial charge in [0.2, 0.25) is 6.29 Å². The van der Waals surface area contributed by atoms with Gasteiger partial charge in [-0.3, -0.25) is 9.59 Å². The van der Waals surface area contributed by atoms with Crippen molar-refractivity contribution in [3.8, 4) is 0 Å². The molecule has 4 nitrogen and oxygen atoms in total. The topological polar surface area (TPSA) is 74.6 Å². The smallest absolute Gasteiger partial charge is 0.212 e. The predicted octanol–water partition coefficient (Wildman–Crippen LogP) is 2.55. The summed E-state index contributed by atoms with van der Waals surface area (Å²) in [5.74, 6) is -1.37. The summed E-state index contributed by atoms with van der Waals surface area (Å²) >= 11 is 0. The lowest BCUT2D eigenvalue weighted by Gasteiger charge is -2.19. The van der Waals surface area contributed by atoms with Gasteiger partial charge in [0, 0.05) is 12.8 Å². The Bertz CT molecular complexity index is 265. The number of aliphatic hydroxyl groups is 2. The van der Waals surface area contributed by atoms with Crippen LogP contribution in [0.4, 0.5) is 0 Å². The number of unbranched alkanes of at least 4 members (excludes halogenated alkanes) is 4. The lowest BCUT2D eigenvalue weighted by Crippen LogP contribution is -2.32. The van der Waals surface area contributed by atoms with Crippen LogP contribution in [0.5, 0.6) is 0 Å². The van der Waals surface area contributed by atoms with E-state index in [-0.39, 0.29) is 12.2 Å². The van der Waals surface area contributed by atoms with Crippen LogP contribution in [0.15, 0.2) is 0 Å². The highest BCUT2D eigenvalue weighted by Gasteiger charge is 2.28. The summed E-state index contributed by atoms with van der Waals surface area (Å²) in [6.45, 7) is 4.11. The van der Waals surface area contributed by atoms with Crippen molar-refractivity contribution in [1.82, 2.24) is 0 Å². The minimum absolute atomic E-state index is 0.0726. The maximum Gasteiger partial charge on any atom is 0.212 e. The molecular formula is C16H29O4. The molecule has 4 heteroatoms. The van der Waals surface area contributed by atoms with E-state index in [2.05, 4.69) is 6.92 Å². The van der Waals surface area contributed by atoms with E-state index in [1.807, 2.05) is 6.92 Å². The fraction of sp³-hybridized carbons (Fsp3) is 0.875. The molecule has 0 amide bonds. The first-order chi connectivity index (χ1) is 9.56. The van der Waals surface area contributed by atoms with E-state index < -0.39 is 18.1 Å². The Morgan fingerprint density at radius 1 is 1.05 bits per heavy atom. The second-order valence-corrected chi connectivity index (χ2v) is 5.47. The van der Waals surface area contributed by atoms with Gasteiger partial charge >= 0.3 is 0 Å². The molecule has 0 heterocycles. The monoisotopic (exact) mass is 285 g/mol. The van der Waals surface area contributed by atoms with Crippen LogP contribution in [-0.2, 0) is 9.59 Å². The van der Waals surface area contributed by atoms with Crippen LogP contribution in [0.3, 0.4) is 0 Å². The van der Waals surface area contributed by atoms with E-state index >= 15 is 0 Å². The standard InChI is InChI=1S/C16H29O4/c1-3-5-7-9-13(18)11-16(20)14(12-17)15(19)10-8-6-4-2/h13-14,16,18,20H,3-11H2,1-2H3. The zero-order valence-corrected chi connectivity index (χ0v) is 12.8. The van der Waals surface area contributed by atoms with Gasteiger partial charge in [0.05, 0.1) is 12.2 Å². The van der Waals surface area contributed by atoms with Crippen molar-refractivity contribution >= 4 is 12.1 Å². The zero-order chi connectivity index (χ0) is 15.4. The first kappa shape index (κ1) is 19.3. The van der Waals surface area contributed by atoms with E-state index in [0.29, 0.717) is 12.8 Å². The van der Waals surface area contributed by atoms with Crippen LogP contribution >= 0.6 is 0 Å². The van der Waals surface area contributed by atoms with E-state index in [1.54, 1.807) is 6.29 Å². The second kappa shape index (κ2) is 12.0. The molecule has 0 aromatic heterocycles. The fourth-order valence-corrected chi connectivity index (χ4v) is 2.23. The summed E-state index contributed by atoms with van der Waals surface area (Å²) in [5.41, 5.74) is 0. The molecule has 0 saturated heterocycles. The highest BCUT2D eigenvalue weighted by Crippen LogP contribution is 2.16. The molecule has 20 heavy (non-hydrogen) atoms. The molecule has 2 N–H and O–H groups in total. The SMILES string of the molecule is CCCCCC(=O)C([C]=O)C(O)CC(O)CCCCC. The van der Waals surface area contributed by atoms with Crippen molar-refractivity contribution in [2.24, 2.45) is 5.92 Å². The molecule has 0 aliphatic carbocycles. The maximum absolute atomic E-state index is 11.8. The number of hydrogen-bond donors (Lipinski definition) is 2. The number of carbonyl (C=O) groups excluding carboxylic acids is 2. The normalized spacial score (nSPS) is 15.6. The molecule has 3 unspecified atom stereocenters. The quantitative estimate of drug-likeness (QED) is 0.403. The van der Waals surface area contributed by atoms with E-state index in [1.165, 1.54) is 0 Å². The number of aliphatic hydroxyl groups excluding tert-OH is 2. The van der Waals surface area contributed by atoms with Crippen LogP contribution in [0.25, 0.3) is 0 Å². The van der Waals surface area contributed by atoms with Crippen LogP contribution in [-0.4, -0.2) is 34.5 Å². The van der Waals surface area contributed by atoms with Gasteiger partial charge in [0.15, 0.2) is 0 Å². The summed E-state index contributed by atoms with van der Waals surface area (Å²) in [5, 5.41) is 19.7. The summed E-state index contributed by atoms with van der Waals surface area (Å²) in [4.78, 5) is 22.7. The predicted molar refractivity (Wildman–Crippen MR) is 79.1 cm³/mol. The summed E-state index contributed by atoms with van der Waals surface area (Å²) in [6, 6.07) is 0. The van der Waals surface area contributed by atoms with Crippen molar-refractivity contribution in [3.05, 3.63) is 0 Å². The first-order valence-corrected chi connectivity index (χ1v) is 7.83. The Morgan fingerprint density at radius 2 is 1.65 bits per heavy atom. The molecule has 0 aliphatic heterocycles. The van der Waals surface area contributed by atoms with Gasteiger partial charge in [-0.05, 0) is 12.8 Å². The molecule has 0 aliphatic rings. The highest BCUT2D eigenvalue weighted by molar-refractivity contribution is 5.94. The molecule has 3 atom stereocenters. The molecule has 0 fully saturated rings. The van der Waals surface area contributed by atoms with E-state index in [4.69, 9.17) is 0 Å². The lowest BCUT2D eigenvalue weighted by atomic mass is 9.91. The van der Waals surface area contributed by atoms with Gasteiger partial charge < -0.3 is 10.2 Å². The zero-order valence-electron chi connectivity index (χ0n) is 12.8. The van der Waals surface area contributed by atoms with Gasteiger partial charge in [-0.25, -0.2) is 0 Å². The number of Topliss-reactive ketones (excluding diaryl/α,β-unsaturated/α-hetero) is 1. The second-order valence-electron chi connectivity index (χ2n) is 5.47. The van der Waals surface area contributed by atoms with Gasteiger partial charge in [0.25, 0.3) is 0 Å². The number of ketones is 1. The van der Waals surface area contributed by atoms with Gasteiger partial charge in [0.1, 0.15) is 11.7 Å². The Labute approximate surface area is 122 Å². The molecule has 0 bridgehead atoms. The van der Waals surface area contributed by atoms with Gasteiger partial charge in [-0.15, -0.1) is 0 Å². The third-order valence-corrected chi connectivity index (χ3v) is 3.54. The molecule has 0 aromatic carbocycles. The van der Waals surface area contributed by atoms with Gasteiger partial charge in [-0.1, -0.05) is 46.0 Å². The first-order valence-electron chi connectivity index (χ1n) is 7.83. The fourth-order valence-electron chi connectivity index (χ4n) is 2.23. The van der Waals surface area contributed by atoms with Crippen LogP contribution in [0.2, 0.25) is 0 Å². The van der Waals surface area contributed by atoms with Crippen LogP contribution in [0.1, 0.15) is 71.6 Å². The van der Waals surface area contributed by atoms with Crippen molar-refractivity contribution in [1.29, 1.82) is 0 Å². The molecule has 0 saturated carbocycles. The van der Waals surface area contributed by atoms with Crippen molar-refractivity contribution in [2.45, 2.75) is 83.8 Å². The van der Waals surface area contributed by atoms with Crippen molar-refractivity contribution < 1.29 is 19.8 Å².